The fraction of sp³-hybridized carbons (Fsp3) is 0.611. The van der Waals surface area contributed by atoms with Crippen molar-refractivity contribution in [2.75, 3.05) is 19.7 Å². The van der Waals surface area contributed by atoms with E-state index in [9.17, 15) is 18.0 Å². The number of nitrogens with zero attached hydrogens (tertiary/aromatic N) is 5. The summed E-state index contributed by atoms with van der Waals surface area (Å²) in [4.78, 5) is 17.7. The lowest BCUT2D eigenvalue weighted by atomic mass is 9.96. The molecular weight excluding hydrogens is 375 g/mol. The molecule has 10 heteroatoms. The minimum atomic E-state index is -4.60. The fourth-order valence-electron chi connectivity index (χ4n) is 3.78. The summed E-state index contributed by atoms with van der Waals surface area (Å²) < 4.78 is 46.6. The molecule has 0 saturated carbocycles. The van der Waals surface area contributed by atoms with Crippen LogP contribution in [0.2, 0.25) is 0 Å². The van der Waals surface area contributed by atoms with Crippen molar-refractivity contribution in [3.8, 4) is 0 Å². The lowest BCUT2D eigenvalue weighted by Gasteiger charge is -2.31. The molecule has 0 amide bonds. The van der Waals surface area contributed by atoms with Crippen molar-refractivity contribution in [2.24, 2.45) is 5.92 Å². The summed E-state index contributed by atoms with van der Waals surface area (Å²) in [7, 11) is 0. The quantitative estimate of drug-likeness (QED) is 0.789. The molecule has 0 bridgehead atoms. The number of rotatable bonds is 4. The molecule has 0 radical (unpaired) electrons. The molecular formula is C18H22F3N5O2. The Morgan fingerprint density at radius 3 is 2.64 bits per heavy atom. The first-order valence-corrected chi connectivity index (χ1v) is 9.38. The number of hydrogen-bond donors (Lipinski definition) is 0. The van der Waals surface area contributed by atoms with Crippen LogP contribution in [0, 0.1) is 5.92 Å². The average molecular weight is 397 g/mol. The zero-order valence-electron chi connectivity index (χ0n) is 15.4. The lowest BCUT2D eigenvalue weighted by Crippen LogP contribution is -2.36. The van der Waals surface area contributed by atoms with Gasteiger partial charge in [0.15, 0.2) is 5.69 Å². The van der Waals surface area contributed by atoms with Gasteiger partial charge >= 0.3 is 6.18 Å². The Labute approximate surface area is 159 Å². The van der Waals surface area contributed by atoms with Crippen molar-refractivity contribution >= 4 is 0 Å². The molecule has 2 aliphatic rings. The van der Waals surface area contributed by atoms with Gasteiger partial charge in [-0.05, 0) is 37.9 Å². The number of fused-ring (bicyclic) bond motifs is 1. The van der Waals surface area contributed by atoms with Crippen LogP contribution in [-0.2, 0) is 37.2 Å². The van der Waals surface area contributed by atoms with Gasteiger partial charge in [-0.1, -0.05) is 0 Å². The molecule has 2 aliphatic heterocycles. The van der Waals surface area contributed by atoms with E-state index in [1.165, 1.54) is 4.57 Å². The number of likely N-dealkylation sites (tertiary alicyclic amines) is 1. The molecule has 1 fully saturated rings. The van der Waals surface area contributed by atoms with Gasteiger partial charge in [0.2, 0.25) is 0 Å². The first kappa shape index (κ1) is 19.1. The van der Waals surface area contributed by atoms with Gasteiger partial charge in [0.05, 0.1) is 37.5 Å². The highest BCUT2D eigenvalue weighted by atomic mass is 19.4. The third kappa shape index (κ3) is 4.27. The van der Waals surface area contributed by atoms with Crippen LogP contribution < -0.4 is 5.56 Å². The van der Waals surface area contributed by atoms with Crippen molar-refractivity contribution in [2.45, 2.75) is 45.3 Å². The van der Waals surface area contributed by atoms with Crippen LogP contribution in [0.25, 0.3) is 0 Å². The summed E-state index contributed by atoms with van der Waals surface area (Å²) in [6.07, 6.45) is -1.83. The lowest BCUT2D eigenvalue weighted by molar-refractivity contribution is -0.141. The third-order valence-corrected chi connectivity index (χ3v) is 5.33. The Morgan fingerprint density at radius 2 is 1.96 bits per heavy atom. The average Bonchev–Trinajstić information content (AvgIpc) is 3.06. The summed E-state index contributed by atoms with van der Waals surface area (Å²) >= 11 is 0. The van der Waals surface area contributed by atoms with Crippen LogP contribution >= 0.6 is 0 Å². The number of alkyl halides is 3. The van der Waals surface area contributed by atoms with Gasteiger partial charge in [0.25, 0.3) is 5.56 Å². The Balaban J connectivity index is 1.31. The van der Waals surface area contributed by atoms with Crippen molar-refractivity contribution in [3.63, 3.8) is 0 Å². The van der Waals surface area contributed by atoms with E-state index >= 15 is 0 Å². The minimum Gasteiger partial charge on any atom is -0.373 e. The van der Waals surface area contributed by atoms with Crippen LogP contribution in [0.1, 0.15) is 29.9 Å². The molecule has 2 aromatic heterocycles. The van der Waals surface area contributed by atoms with Gasteiger partial charge in [-0.2, -0.15) is 18.3 Å². The van der Waals surface area contributed by atoms with Gasteiger partial charge in [-0.25, -0.2) is 4.98 Å². The van der Waals surface area contributed by atoms with Gasteiger partial charge in [-0.15, -0.1) is 0 Å². The molecule has 1 saturated heterocycles. The van der Waals surface area contributed by atoms with Crippen molar-refractivity contribution in [3.05, 3.63) is 45.9 Å². The molecule has 7 nitrogen and oxygen atoms in total. The number of piperidine rings is 1. The Kier molecular flexibility index (Phi) is 5.24. The molecule has 4 heterocycles. The van der Waals surface area contributed by atoms with Crippen LogP contribution in [0.3, 0.4) is 0 Å². The summed E-state index contributed by atoms with van der Waals surface area (Å²) in [6, 6.07) is 2.65. The molecule has 0 spiro atoms. The number of halogens is 3. The molecule has 152 valence electrons. The Morgan fingerprint density at radius 1 is 1.18 bits per heavy atom. The van der Waals surface area contributed by atoms with Gasteiger partial charge in [-0.3, -0.25) is 18.9 Å². The maximum atomic E-state index is 12.6. The van der Waals surface area contributed by atoms with Crippen LogP contribution in [0.4, 0.5) is 13.2 Å². The van der Waals surface area contributed by atoms with Crippen LogP contribution in [0.15, 0.2) is 23.3 Å². The molecule has 0 N–H and O–H groups in total. The first-order valence-electron chi connectivity index (χ1n) is 9.38. The zero-order chi connectivity index (χ0) is 19.7. The molecule has 28 heavy (non-hydrogen) atoms. The second-order valence-electron chi connectivity index (χ2n) is 7.38. The van der Waals surface area contributed by atoms with Crippen molar-refractivity contribution in [1.29, 1.82) is 0 Å². The van der Waals surface area contributed by atoms with E-state index in [2.05, 4.69) is 21.0 Å². The van der Waals surface area contributed by atoms with E-state index in [0.29, 0.717) is 25.8 Å². The second-order valence-corrected chi connectivity index (χ2v) is 7.38. The highest BCUT2D eigenvalue weighted by Gasteiger charge is 2.33. The standard InChI is InChI=1S/C18H22F3N5O2/c19-18(20,21)16-8-17(27)25(12-22-16)9-13-1-3-24(4-2-13)10-14-7-15-11-28-6-5-26(15)23-14/h7-8,12-13H,1-6,9-11H2. The SMILES string of the molecule is O=c1cc(C(F)(F)F)ncn1CC1CCN(Cc2cc3n(n2)CCOC3)CC1. The maximum absolute atomic E-state index is 12.6. The number of ether oxygens (including phenoxy) is 1. The molecule has 0 unspecified atom stereocenters. The highest BCUT2D eigenvalue weighted by Crippen LogP contribution is 2.26. The molecule has 2 aromatic rings. The van der Waals surface area contributed by atoms with E-state index in [1.54, 1.807) is 0 Å². The highest BCUT2D eigenvalue weighted by molar-refractivity contribution is 5.11. The minimum absolute atomic E-state index is 0.246. The van der Waals surface area contributed by atoms with Crippen molar-refractivity contribution in [1.82, 2.24) is 24.2 Å². The van der Waals surface area contributed by atoms with Crippen molar-refractivity contribution < 1.29 is 17.9 Å². The number of aromatic nitrogens is 4. The number of hydrogen-bond acceptors (Lipinski definition) is 5. The molecule has 4 rings (SSSR count). The predicted octanol–water partition coefficient (Wildman–Crippen LogP) is 1.90. The predicted molar refractivity (Wildman–Crippen MR) is 93.4 cm³/mol. The van der Waals surface area contributed by atoms with Gasteiger partial charge < -0.3 is 4.74 Å². The normalized spacial score (nSPS) is 19.0. The first-order chi connectivity index (χ1) is 13.4. The molecule has 0 aliphatic carbocycles. The summed E-state index contributed by atoms with van der Waals surface area (Å²) in [5.41, 5.74) is 0.333. The zero-order valence-corrected chi connectivity index (χ0v) is 15.4. The monoisotopic (exact) mass is 397 g/mol. The topological polar surface area (TPSA) is 65.2 Å². The van der Waals surface area contributed by atoms with E-state index in [4.69, 9.17) is 4.74 Å². The molecule has 0 atom stereocenters. The summed E-state index contributed by atoms with van der Waals surface area (Å²) in [5, 5.41) is 4.62. The van der Waals surface area contributed by atoms with Crippen LogP contribution in [-0.4, -0.2) is 43.9 Å². The smallest absolute Gasteiger partial charge is 0.373 e. The van der Waals surface area contributed by atoms with E-state index in [-0.39, 0.29) is 5.92 Å². The van der Waals surface area contributed by atoms with E-state index in [1.807, 2.05) is 4.68 Å². The molecule has 0 aromatic carbocycles. The third-order valence-electron chi connectivity index (χ3n) is 5.33. The summed E-state index contributed by atoms with van der Waals surface area (Å²) in [5.74, 6) is 0.246. The second kappa shape index (κ2) is 7.67. The Bertz CT molecular complexity index is 861. The van der Waals surface area contributed by atoms with Crippen LogP contribution in [0.5, 0.6) is 0 Å². The van der Waals surface area contributed by atoms with E-state index in [0.717, 1.165) is 56.7 Å². The summed E-state index contributed by atoms with van der Waals surface area (Å²) in [6.45, 7) is 4.98. The fourth-order valence-corrected chi connectivity index (χ4v) is 3.78. The maximum Gasteiger partial charge on any atom is 0.433 e. The largest absolute Gasteiger partial charge is 0.433 e. The van der Waals surface area contributed by atoms with Gasteiger partial charge in [0.1, 0.15) is 0 Å². The Hall–Kier alpha value is -2.20. The van der Waals surface area contributed by atoms with E-state index < -0.39 is 17.4 Å². The van der Waals surface area contributed by atoms with Gasteiger partial charge in [0, 0.05) is 19.2 Å².